The molecule has 0 radical (unpaired) electrons. The van der Waals surface area contributed by atoms with E-state index in [2.05, 4.69) is 68.2 Å². The van der Waals surface area contributed by atoms with Crippen LogP contribution in [0.15, 0.2) is 48.7 Å². The first-order valence-electron chi connectivity index (χ1n) is 6.59. The third-order valence-corrected chi connectivity index (χ3v) is 3.83. The molecule has 0 aliphatic rings. The van der Waals surface area contributed by atoms with Gasteiger partial charge in [0.15, 0.2) is 0 Å². The summed E-state index contributed by atoms with van der Waals surface area (Å²) in [6.07, 6.45) is 1.97. The van der Waals surface area contributed by atoms with Crippen LogP contribution in [0.25, 0.3) is 22.0 Å². The number of hydrogen-bond donors (Lipinski definition) is 0. The summed E-state index contributed by atoms with van der Waals surface area (Å²) in [5.41, 5.74) is 6.17. The fraction of sp³-hybridized carbons (Fsp3) is 0.167. The average molecular weight is 247 g/mol. The summed E-state index contributed by atoms with van der Waals surface area (Å²) in [7, 11) is 0. The highest BCUT2D eigenvalue weighted by Crippen LogP contribution is 2.28. The van der Waals surface area contributed by atoms with Gasteiger partial charge in [-0.25, -0.2) is 0 Å². The molecule has 1 heteroatoms. The van der Waals surface area contributed by atoms with E-state index in [4.69, 9.17) is 0 Å². The molecule has 0 saturated heterocycles. The van der Waals surface area contributed by atoms with Crippen LogP contribution in [0, 0.1) is 20.8 Å². The lowest BCUT2D eigenvalue weighted by molar-refractivity contribution is 1.28. The molecule has 1 aromatic heterocycles. The Labute approximate surface area is 113 Å². The molecule has 19 heavy (non-hydrogen) atoms. The van der Waals surface area contributed by atoms with Gasteiger partial charge in [-0.05, 0) is 48.9 Å². The maximum absolute atomic E-state index is 4.65. The van der Waals surface area contributed by atoms with E-state index in [1.807, 2.05) is 6.20 Å². The predicted molar refractivity (Wildman–Crippen MR) is 81.4 cm³/mol. The topological polar surface area (TPSA) is 12.9 Å². The van der Waals surface area contributed by atoms with Gasteiger partial charge in [-0.1, -0.05) is 36.4 Å². The Morgan fingerprint density at radius 1 is 0.842 bits per heavy atom. The molecule has 0 bridgehead atoms. The molecule has 0 saturated carbocycles. The highest BCUT2D eigenvalue weighted by Gasteiger charge is 2.07. The van der Waals surface area contributed by atoms with Crippen LogP contribution in [0.3, 0.4) is 0 Å². The van der Waals surface area contributed by atoms with Gasteiger partial charge in [0, 0.05) is 17.1 Å². The van der Waals surface area contributed by atoms with Gasteiger partial charge >= 0.3 is 0 Å². The van der Waals surface area contributed by atoms with Crippen molar-refractivity contribution < 1.29 is 0 Å². The second-order valence-corrected chi connectivity index (χ2v) is 5.12. The highest BCUT2D eigenvalue weighted by molar-refractivity contribution is 5.89. The average Bonchev–Trinajstić information content (AvgIpc) is 2.43. The molecule has 1 heterocycles. The third-order valence-electron chi connectivity index (χ3n) is 3.83. The summed E-state index contributed by atoms with van der Waals surface area (Å²) < 4.78 is 0. The number of fused-ring (bicyclic) bond motifs is 1. The van der Waals surface area contributed by atoms with Crippen molar-refractivity contribution in [3.63, 3.8) is 0 Å². The van der Waals surface area contributed by atoms with E-state index >= 15 is 0 Å². The molecule has 0 aliphatic carbocycles. The summed E-state index contributed by atoms with van der Waals surface area (Å²) in [6.45, 7) is 6.44. The molecule has 0 N–H and O–H groups in total. The van der Waals surface area contributed by atoms with E-state index in [1.54, 1.807) is 0 Å². The molecule has 0 amide bonds. The van der Waals surface area contributed by atoms with Gasteiger partial charge in [-0.3, -0.25) is 4.98 Å². The standard InChI is InChI=1S/C18H17N/c1-12-8-9-15(10-13(12)2)18-14(3)17-7-5-4-6-16(17)11-19-18/h4-11H,1-3H3. The Bertz CT molecular complexity index is 757. The van der Waals surface area contributed by atoms with Crippen LogP contribution >= 0.6 is 0 Å². The smallest absolute Gasteiger partial charge is 0.0737 e. The Balaban J connectivity index is 2.25. The minimum atomic E-state index is 1.09. The Morgan fingerprint density at radius 2 is 1.63 bits per heavy atom. The minimum absolute atomic E-state index is 1.09. The monoisotopic (exact) mass is 247 g/mol. The van der Waals surface area contributed by atoms with E-state index in [0.717, 1.165) is 5.69 Å². The van der Waals surface area contributed by atoms with Crippen molar-refractivity contribution in [2.75, 3.05) is 0 Å². The summed E-state index contributed by atoms with van der Waals surface area (Å²) in [5, 5.41) is 2.48. The first kappa shape index (κ1) is 11.9. The molecular formula is C18H17N. The molecule has 1 nitrogen and oxygen atoms in total. The van der Waals surface area contributed by atoms with Crippen LogP contribution in [0.5, 0.6) is 0 Å². The second kappa shape index (κ2) is 4.51. The predicted octanol–water partition coefficient (Wildman–Crippen LogP) is 4.83. The van der Waals surface area contributed by atoms with Crippen molar-refractivity contribution >= 4 is 10.8 Å². The quantitative estimate of drug-likeness (QED) is 0.600. The minimum Gasteiger partial charge on any atom is -0.255 e. The van der Waals surface area contributed by atoms with E-state index < -0.39 is 0 Å². The van der Waals surface area contributed by atoms with Gasteiger partial charge in [0.2, 0.25) is 0 Å². The van der Waals surface area contributed by atoms with Crippen LogP contribution in [0.1, 0.15) is 16.7 Å². The molecule has 0 atom stereocenters. The van der Waals surface area contributed by atoms with Crippen LogP contribution in [-0.2, 0) is 0 Å². The third kappa shape index (κ3) is 2.01. The molecule has 3 rings (SSSR count). The van der Waals surface area contributed by atoms with Gasteiger partial charge in [0.25, 0.3) is 0 Å². The van der Waals surface area contributed by atoms with E-state index in [9.17, 15) is 0 Å². The van der Waals surface area contributed by atoms with Gasteiger partial charge in [0.1, 0.15) is 0 Å². The van der Waals surface area contributed by atoms with Crippen molar-refractivity contribution in [1.82, 2.24) is 4.98 Å². The van der Waals surface area contributed by atoms with E-state index in [0.29, 0.717) is 0 Å². The second-order valence-electron chi connectivity index (χ2n) is 5.12. The van der Waals surface area contributed by atoms with Gasteiger partial charge in [0.05, 0.1) is 5.69 Å². The summed E-state index contributed by atoms with van der Waals surface area (Å²) in [6, 6.07) is 15.0. The molecule has 0 spiro atoms. The number of rotatable bonds is 1. The Hall–Kier alpha value is -2.15. The molecule has 2 aromatic carbocycles. The van der Waals surface area contributed by atoms with Crippen molar-refractivity contribution in [3.8, 4) is 11.3 Å². The van der Waals surface area contributed by atoms with Gasteiger partial charge in [-0.2, -0.15) is 0 Å². The van der Waals surface area contributed by atoms with Crippen molar-refractivity contribution in [3.05, 3.63) is 65.4 Å². The van der Waals surface area contributed by atoms with Gasteiger partial charge < -0.3 is 0 Å². The maximum atomic E-state index is 4.65. The zero-order valence-corrected chi connectivity index (χ0v) is 11.6. The number of pyridine rings is 1. The van der Waals surface area contributed by atoms with Crippen LogP contribution in [-0.4, -0.2) is 4.98 Å². The summed E-state index contributed by atoms with van der Waals surface area (Å²) >= 11 is 0. The Morgan fingerprint density at radius 3 is 2.42 bits per heavy atom. The number of aromatic nitrogens is 1. The lowest BCUT2D eigenvalue weighted by Gasteiger charge is -2.10. The summed E-state index contributed by atoms with van der Waals surface area (Å²) in [5.74, 6) is 0. The summed E-state index contributed by atoms with van der Waals surface area (Å²) in [4.78, 5) is 4.65. The maximum Gasteiger partial charge on any atom is 0.0737 e. The molecule has 0 unspecified atom stereocenters. The van der Waals surface area contributed by atoms with Crippen LogP contribution in [0.4, 0.5) is 0 Å². The van der Waals surface area contributed by atoms with E-state index in [1.165, 1.54) is 33.0 Å². The van der Waals surface area contributed by atoms with Crippen LogP contribution in [0.2, 0.25) is 0 Å². The molecule has 94 valence electrons. The number of aryl methyl sites for hydroxylation is 3. The lowest BCUT2D eigenvalue weighted by atomic mass is 9.98. The normalized spacial score (nSPS) is 10.9. The SMILES string of the molecule is Cc1ccc(-c2ncc3ccccc3c2C)cc1C. The van der Waals surface area contributed by atoms with Crippen molar-refractivity contribution in [2.24, 2.45) is 0 Å². The van der Waals surface area contributed by atoms with Gasteiger partial charge in [-0.15, -0.1) is 0 Å². The number of hydrogen-bond acceptors (Lipinski definition) is 1. The molecule has 0 aliphatic heterocycles. The molecular weight excluding hydrogens is 230 g/mol. The zero-order chi connectivity index (χ0) is 13.4. The molecule has 0 fully saturated rings. The number of benzene rings is 2. The van der Waals surface area contributed by atoms with Crippen molar-refractivity contribution in [1.29, 1.82) is 0 Å². The fourth-order valence-corrected chi connectivity index (χ4v) is 2.49. The highest BCUT2D eigenvalue weighted by atomic mass is 14.7. The largest absolute Gasteiger partial charge is 0.255 e. The van der Waals surface area contributed by atoms with Crippen LogP contribution < -0.4 is 0 Å². The zero-order valence-electron chi connectivity index (χ0n) is 11.6. The van der Waals surface area contributed by atoms with Crippen molar-refractivity contribution in [2.45, 2.75) is 20.8 Å². The number of nitrogens with zero attached hydrogens (tertiary/aromatic N) is 1. The fourth-order valence-electron chi connectivity index (χ4n) is 2.49. The first-order valence-corrected chi connectivity index (χ1v) is 6.59. The molecule has 3 aromatic rings. The van der Waals surface area contributed by atoms with E-state index in [-0.39, 0.29) is 0 Å². The first-order chi connectivity index (χ1) is 9.16. The lowest BCUT2D eigenvalue weighted by Crippen LogP contribution is -1.91. The Kier molecular flexibility index (Phi) is 2.83.